The van der Waals surface area contributed by atoms with Crippen LogP contribution in [0.1, 0.15) is 31.9 Å². The predicted molar refractivity (Wildman–Crippen MR) is 95.8 cm³/mol. The number of likely N-dealkylation sites (N-methyl/N-ethyl adjacent to an activating group) is 1. The number of nitrogens with zero attached hydrogens (tertiary/aromatic N) is 3. The van der Waals surface area contributed by atoms with Gasteiger partial charge in [-0.2, -0.15) is 5.26 Å². The van der Waals surface area contributed by atoms with Crippen LogP contribution in [0.3, 0.4) is 0 Å². The third-order valence-corrected chi connectivity index (χ3v) is 4.35. The topological polar surface area (TPSA) is 93.5 Å². The highest BCUT2D eigenvalue weighted by Gasteiger charge is 2.49. The first-order chi connectivity index (χ1) is 12.2. The summed E-state index contributed by atoms with van der Waals surface area (Å²) in [5.41, 5.74) is 0.565. The highest BCUT2D eigenvalue weighted by Crippen LogP contribution is 2.29. The number of imide groups is 1. The molecule has 136 valence electrons. The van der Waals surface area contributed by atoms with Crippen molar-refractivity contribution in [3.05, 3.63) is 47.5 Å². The number of hydrogen-bond acceptors (Lipinski definition) is 4. The molecule has 26 heavy (non-hydrogen) atoms. The lowest BCUT2D eigenvalue weighted by Gasteiger charge is -2.24. The number of nitrogens with one attached hydrogen (secondary N) is 1. The SMILES string of the molecule is C=C(C)CN(CC)C(=O)CN1C(=O)N[C@@](C)(c2ccc(C#N)cc2)C1=O. The second-order valence-electron chi connectivity index (χ2n) is 6.50. The van der Waals surface area contributed by atoms with Crippen molar-refractivity contribution >= 4 is 17.8 Å². The summed E-state index contributed by atoms with van der Waals surface area (Å²) in [6.07, 6.45) is 0. The molecule has 0 spiro atoms. The van der Waals surface area contributed by atoms with Gasteiger partial charge in [0.2, 0.25) is 5.91 Å². The van der Waals surface area contributed by atoms with Crippen LogP contribution in [0.15, 0.2) is 36.4 Å². The van der Waals surface area contributed by atoms with E-state index >= 15 is 0 Å². The molecule has 1 aliphatic heterocycles. The monoisotopic (exact) mass is 354 g/mol. The fraction of sp³-hybridized carbons (Fsp3) is 0.368. The summed E-state index contributed by atoms with van der Waals surface area (Å²) in [6.45, 7) is 9.53. The number of nitriles is 1. The van der Waals surface area contributed by atoms with Crippen molar-refractivity contribution in [2.24, 2.45) is 0 Å². The maximum absolute atomic E-state index is 12.9. The zero-order chi connectivity index (χ0) is 19.5. The number of rotatable bonds is 6. The minimum atomic E-state index is -1.27. The van der Waals surface area contributed by atoms with Gasteiger partial charge in [0.1, 0.15) is 12.1 Å². The Labute approximate surface area is 152 Å². The molecule has 1 aromatic rings. The predicted octanol–water partition coefficient (Wildman–Crippen LogP) is 1.75. The van der Waals surface area contributed by atoms with Crippen LogP contribution in [-0.2, 0) is 15.1 Å². The third kappa shape index (κ3) is 3.59. The quantitative estimate of drug-likeness (QED) is 0.622. The average Bonchev–Trinajstić information content (AvgIpc) is 2.83. The molecular weight excluding hydrogens is 332 g/mol. The third-order valence-electron chi connectivity index (χ3n) is 4.35. The molecule has 1 atom stereocenters. The zero-order valence-corrected chi connectivity index (χ0v) is 15.2. The van der Waals surface area contributed by atoms with E-state index in [0.717, 1.165) is 10.5 Å². The molecule has 1 saturated heterocycles. The van der Waals surface area contributed by atoms with E-state index in [1.807, 2.05) is 19.9 Å². The van der Waals surface area contributed by atoms with Gasteiger partial charge in [-0.05, 0) is 38.5 Å². The Morgan fingerprint density at radius 3 is 2.46 bits per heavy atom. The Kier molecular flexibility index (Phi) is 5.46. The van der Waals surface area contributed by atoms with Crippen molar-refractivity contribution in [1.82, 2.24) is 15.1 Å². The van der Waals surface area contributed by atoms with Gasteiger partial charge in [-0.1, -0.05) is 24.3 Å². The first-order valence-electron chi connectivity index (χ1n) is 8.29. The largest absolute Gasteiger partial charge is 0.337 e. The van der Waals surface area contributed by atoms with E-state index in [4.69, 9.17) is 5.26 Å². The summed E-state index contributed by atoms with van der Waals surface area (Å²) in [7, 11) is 0. The fourth-order valence-corrected chi connectivity index (χ4v) is 2.85. The lowest BCUT2D eigenvalue weighted by Crippen LogP contribution is -2.44. The van der Waals surface area contributed by atoms with Crippen LogP contribution in [0.25, 0.3) is 0 Å². The van der Waals surface area contributed by atoms with Crippen molar-refractivity contribution < 1.29 is 14.4 Å². The fourth-order valence-electron chi connectivity index (χ4n) is 2.85. The van der Waals surface area contributed by atoms with Gasteiger partial charge in [0.05, 0.1) is 11.6 Å². The summed E-state index contributed by atoms with van der Waals surface area (Å²) in [5.74, 6) is -0.810. The van der Waals surface area contributed by atoms with Crippen LogP contribution >= 0.6 is 0 Å². The summed E-state index contributed by atoms with van der Waals surface area (Å²) >= 11 is 0. The zero-order valence-electron chi connectivity index (χ0n) is 15.2. The summed E-state index contributed by atoms with van der Waals surface area (Å²) in [4.78, 5) is 40.1. The van der Waals surface area contributed by atoms with Gasteiger partial charge >= 0.3 is 6.03 Å². The summed E-state index contributed by atoms with van der Waals surface area (Å²) in [6, 6.07) is 7.82. The summed E-state index contributed by atoms with van der Waals surface area (Å²) < 4.78 is 0. The minimum Gasteiger partial charge on any atom is -0.337 e. The Hall–Kier alpha value is -3.14. The van der Waals surface area contributed by atoms with Crippen LogP contribution in [0, 0.1) is 11.3 Å². The highest BCUT2D eigenvalue weighted by molar-refractivity contribution is 6.09. The smallest absolute Gasteiger partial charge is 0.325 e. The van der Waals surface area contributed by atoms with Crippen molar-refractivity contribution in [3.8, 4) is 6.07 Å². The van der Waals surface area contributed by atoms with Crippen LogP contribution in [0.5, 0.6) is 0 Å². The minimum absolute atomic E-state index is 0.317. The Morgan fingerprint density at radius 1 is 1.35 bits per heavy atom. The molecule has 1 fully saturated rings. The lowest BCUT2D eigenvalue weighted by molar-refractivity contribution is -0.138. The molecule has 4 amide bonds. The van der Waals surface area contributed by atoms with E-state index in [0.29, 0.717) is 24.2 Å². The Morgan fingerprint density at radius 2 is 1.96 bits per heavy atom. The maximum atomic E-state index is 12.9. The van der Waals surface area contributed by atoms with Crippen LogP contribution in [-0.4, -0.2) is 47.3 Å². The normalized spacial score (nSPS) is 19.1. The molecule has 0 bridgehead atoms. The Balaban J connectivity index is 2.21. The van der Waals surface area contributed by atoms with Crippen molar-refractivity contribution in [2.75, 3.05) is 19.6 Å². The van der Waals surface area contributed by atoms with E-state index in [2.05, 4.69) is 11.9 Å². The van der Waals surface area contributed by atoms with Gasteiger partial charge in [-0.25, -0.2) is 4.79 Å². The molecule has 1 heterocycles. The maximum Gasteiger partial charge on any atom is 0.325 e. The highest BCUT2D eigenvalue weighted by atomic mass is 16.2. The first-order valence-corrected chi connectivity index (χ1v) is 8.29. The number of benzene rings is 1. The number of urea groups is 1. The molecule has 7 heteroatoms. The molecule has 0 aliphatic carbocycles. The van der Waals surface area contributed by atoms with Crippen LogP contribution in [0.4, 0.5) is 4.79 Å². The average molecular weight is 354 g/mol. The molecule has 2 rings (SSSR count). The van der Waals surface area contributed by atoms with E-state index in [1.165, 1.54) is 0 Å². The van der Waals surface area contributed by atoms with Gasteiger partial charge in [0, 0.05) is 13.1 Å². The van der Waals surface area contributed by atoms with Crippen molar-refractivity contribution in [3.63, 3.8) is 0 Å². The molecule has 0 radical (unpaired) electrons. The second kappa shape index (κ2) is 7.40. The molecule has 1 aromatic carbocycles. The van der Waals surface area contributed by atoms with Gasteiger partial charge < -0.3 is 10.2 Å². The van der Waals surface area contributed by atoms with E-state index in [9.17, 15) is 14.4 Å². The van der Waals surface area contributed by atoms with E-state index in [1.54, 1.807) is 36.1 Å². The molecule has 0 saturated carbocycles. The molecular formula is C19H22N4O3. The van der Waals surface area contributed by atoms with E-state index < -0.39 is 17.5 Å². The second-order valence-corrected chi connectivity index (χ2v) is 6.50. The first kappa shape index (κ1) is 19.2. The molecule has 7 nitrogen and oxygen atoms in total. The number of amides is 4. The van der Waals surface area contributed by atoms with Gasteiger partial charge in [0.25, 0.3) is 5.91 Å². The molecule has 0 unspecified atom stereocenters. The molecule has 1 N–H and O–H groups in total. The molecule has 1 aliphatic rings. The van der Waals surface area contributed by atoms with Gasteiger partial charge in [-0.15, -0.1) is 0 Å². The summed E-state index contributed by atoms with van der Waals surface area (Å²) in [5, 5.41) is 11.5. The number of carbonyl (C=O) groups is 3. The number of carbonyl (C=O) groups excluding carboxylic acids is 3. The van der Waals surface area contributed by atoms with Crippen LogP contribution in [0.2, 0.25) is 0 Å². The Bertz CT molecular complexity index is 794. The van der Waals surface area contributed by atoms with Crippen molar-refractivity contribution in [2.45, 2.75) is 26.3 Å². The van der Waals surface area contributed by atoms with Gasteiger partial charge in [0.15, 0.2) is 0 Å². The van der Waals surface area contributed by atoms with Gasteiger partial charge in [-0.3, -0.25) is 14.5 Å². The number of hydrogen-bond donors (Lipinski definition) is 1. The van der Waals surface area contributed by atoms with Crippen molar-refractivity contribution in [1.29, 1.82) is 5.26 Å². The molecule has 0 aromatic heterocycles. The van der Waals surface area contributed by atoms with Crippen LogP contribution < -0.4 is 5.32 Å². The standard InChI is InChI=1S/C19H22N4O3/c1-5-22(11-13(2)3)16(24)12-23-17(25)19(4,21-18(23)26)15-8-6-14(10-20)7-9-15/h6-9H,2,5,11-12H2,1,3-4H3,(H,21,26)/t19-/m0/s1. The lowest BCUT2D eigenvalue weighted by atomic mass is 9.91. The van der Waals surface area contributed by atoms with E-state index in [-0.39, 0.29) is 12.5 Å².